The predicted molar refractivity (Wildman–Crippen MR) is 87.2 cm³/mol. The standard InChI is InChI=1S/C15H15IO3S/c1-12-2-8-15(9-3-12)20(17,18)19-11-10-13-4-6-14(16)7-5-13/h2-9H,10-11H2,1H3. The molecule has 0 spiro atoms. The summed E-state index contributed by atoms with van der Waals surface area (Å²) in [6, 6.07) is 14.6. The minimum Gasteiger partial charge on any atom is -0.266 e. The Bertz CT molecular complexity index is 661. The Hall–Kier alpha value is -0.920. The van der Waals surface area contributed by atoms with Gasteiger partial charge in [0.15, 0.2) is 0 Å². The monoisotopic (exact) mass is 402 g/mol. The summed E-state index contributed by atoms with van der Waals surface area (Å²) in [6.45, 7) is 2.06. The molecule has 0 saturated carbocycles. The summed E-state index contributed by atoms with van der Waals surface area (Å²) < 4.78 is 30.1. The van der Waals surface area contributed by atoms with Crippen LogP contribution in [0.4, 0.5) is 0 Å². The van der Waals surface area contributed by atoms with Crippen LogP contribution in [0.1, 0.15) is 11.1 Å². The van der Waals surface area contributed by atoms with E-state index in [-0.39, 0.29) is 11.5 Å². The highest BCUT2D eigenvalue weighted by Crippen LogP contribution is 2.14. The molecule has 0 aliphatic rings. The quantitative estimate of drug-likeness (QED) is 0.568. The first kappa shape index (κ1) is 15.5. The molecule has 0 bridgehead atoms. The second-order valence-electron chi connectivity index (χ2n) is 4.47. The van der Waals surface area contributed by atoms with Gasteiger partial charge in [-0.3, -0.25) is 4.18 Å². The largest absolute Gasteiger partial charge is 0.296 e. The first-order chi connectivity index (χ1) is 9.47. The smallest absolute Gasteiger partial charge is 0.266 e. The predicted octanol–water partition coefficient (Wildman–Crippen LogP) is 3.55. The van der Waals surface area contributed by atoms with Crippen LogP contribution in [0.5, 0.6) is 0 Å². The summed E-state index contributed by atoms with van der Waals surface area (Å²) in [4.78, 5) is 0.200. The highest BCUT2D eigenvalue weighted by Gasteiger charge is 2.14. The fourth-order valence-electron chi connectivity index (χ4n) is 1.69. The van der Waals surface area contributed by atoms with E-state index in [9.17, 15) is 8.42 Å². The minimum atomic E-state index is -3.66. The molecule has 0 atom stereocenters. The van der Waals surface area contributed by atoms with Crippen molar-refractivity contribution in [3.05, 3.63) is 63.2 Å². The maximum Gasteiger partial charge on any atom is 0.296 e. The lowest BCUT2D eigenvalue weighted by molar-refractivity contribution is 0.322. The van der Waals surface area contributed by atoms with Crippen molar-refractivity contribution in [1.82, 2.24) is 0 Å². The summed E-state index contributed by atoms with van der Waals surface area (Å²) in [5.74, 6) is 0. The summed E-state index contributed by atoms with van der Waals surface area (Å²) in [5.41, 5.74) is 2.08. The van der Waals surface area contributed by atoms with Crippen LogP contribution in [0.25, 0.3) is 0 Å². The Kier molecular flexibility index (Phi) is 5.17. The summed E-state index contributed by atoms with van der Waals surface area (Å²) in [7, 11) is -3.66. The number of aryl methyl sites for hydroxylation is 1. The van der Waals surface area contributed by atoms with E-state index in [0.717, 1.165) is 14.7 Å². The van der Waals surface area contributed by atoms with Crippen LogP contribution in [-0.4, -0.2) is 15.0 Å². The van der Waals surface area contributed by atoms with E-state index in [4.69, 9.17) is 4.18 Å². The molecule has 0 fully saturated rings. The van der Waals surface area contributed by atoms with Gasteiger partial charge >= 0.3 is 0 Å². The lowest BCUT2D eigenvalue weighted by atomic mass is 10.2. The van der Waals surface area contributed by atoms with E-state index in [0.29, 0.717) is 6.42 Å². The van der Waals surface area contributed by atoms with Crippen molar-refractivity contribution in [1.29, 1.82) is 0 Å². The van der Waals surface area contributed by atoms with Crippen LogP contribution in [0.3, 0.4) is 0 Å². The maximum absolute atomic E-state index is 12.0. The van der Waals surface area contributed by atoms with Crippen LogP contribution < -0.4 is 0 Å². The second-order valence-corrected chi connectivity index (χ2v) is 7.33. The van der Waals surface area contributed by atoms with Gasteiger partial charge in [0.1, 0.15) is 0 Å². The molecule has 0 aromatic heterocycles. The SMILES string of the molecule is Cc1ccc(S(=O)(=O)OCCc2ccc(I)cc2)cc1. The molecule has 2 rings (SSSR count). The average Bonchev–Trinajstić information content (AvgIpc) is 2.41. The highest BCUT2D eigenvalue weighted by atomic mass is 127. The first-order valence-electron chi connectivity index (χ1n) is 6.18. The van der Waals surface area contributed by atoms with Gasteiger partial charge < -0.3 is 0 Å². The summed E-state index contributed by atoms with van der Waals surface area (Å²) >= 11 is 2.23. The zero-order valence-corrected chi connectivity index (χ0v) is 14.0. The molecule has 106 valence electrons. The van der Waals surface area contributed by atoms with Gasteiger partial charge in [-0.25, -0.2) is 0 Å². The van der Waals surface area contributed by atoms with Crippen molar-refractivity contribution in [2.45, 2.75) is 18.2 Å². The molecule has 2 aromatic rings. The highest BCUT2D eigenvalue weighted by molar-refractivity contribution is 14.1. The molecule has 0 saturated heterocycles. The van der Waals surface area contributed by atoms with Gasteiger partial charge in [0.05, 0.1) is 11.5 Å². The van der Waals surface area contributed by atoms with E-state index < -0.39 is 10.1 Å². The van der Waals surface area contributed by atoms with E-state index in [1.807, 2.05) is 31.2 Å². The van der Waals surface area contributed by atoms with Gasteiger partial charge in [0.2, 0.25) is 0 Å². The Balaban J connectivity index is 1.96. The van der Waals surface area contributed by atoms with Gasteiger partial charge in [-0.2, -0.15) is 8.42 Å². The van der Waals surface area contributed by atoms with Crippen LogP contribution in [-0.2, 0) is 20.7 Å². The van der Waals surface area contributed by atoms with Gasteiger partial charge in [0, 0.05) is 3.57 Å². The lowest BCUT2D eigenvalue weighted by Crippen LogP contribution is -2.09. The molecular formula is C15H15IO3S. The van der Waals surface area contributed by atoms with Crippen LogP contribution in [0.2, 0.25) is 0 Å². The van der Waals surface area contributed by atoms with Crippen LogP contribution in [0, 0.1) is 10.5 Å². The van der Waals surface area contributed by atoms with Gasteiger partial charge in [0.25, 0.3) is 10.1 Å². The Morgan fingerprint density at radius 3 is 2.20 bits per heavy atom. The molecular weight excluding hydrogens is 387 g/mol. The molecule has 0 radical (unpaired) electrons. The minimum absolute atomic E-state index is 0.150. The molecule has 0 heterocycles. The maximum atomic E-state index is 12.0. The number of hydrogen-bond donors (Lipinski definition) is 0. The third kappa shape index (κ3) is 4.29. The van der Waals surface area contributed by atoms with E-state index >= 15 is 0 Å². The van der Waals surface area contributed by atoms with Crippen LogP contribution >= 0.6 is 22.6 Å². The van der Waals surface area contributed by atoms with Crippen molar-refractivity contribution < 1.29 is 12.6 Å². The third-order valence-electron chi connectivity index (χ3n) is 2.85. The number of rotatable bonds is 5. The third-order valence-corrected chi connectivity index (χ3v) is 4.90. The van der Waals surface area contributed by atoms with E-state index in [2.05, 4.69) is 22.6 Å². The lowest BCUT2D eigenvalue weighted by Gasteiger charge is -2.06. The van der Waals surface area contributed by atoms with Gasteiger partial charge in [-0.15, -0.1) is 0 Å². The molecule has 0 unspecified atom stereocenters. The van der Waals surface area contributed by atoms with Crippen LogP contribution in [0.15, 0.2) is 53.4 Å². The molecule has 3 nitrogen and oxygen atoms in total. The van der Waals surface area contributed by atoms with E-state index in [1.54, 1.807) is 24.3 Å². The van der Waals surface area contributed by atoms with E-state index in [1.165, 1.54) is 0 Å². The van der Waals surface area contributed by atoms with Gasteiger partial charge in [-0.05, 0) is 65.8 Å². The Morgan fingerprint density at radius 2 is 1.60 bits per heavy atom. The van der Waals surface area contributed by atoms with Crippen molar-refractivity contribution in [3.8, 4) is 0 Å². The molecule has 20 heavy (non-hydrogen) atoms. The topological polar surface area (TPSA) is 43.4 Å². The first-order valence-corrected chi connectivity index (χ1v) is 8.67. The normalized spacial score (nSPS) is 11.5. The summed E-state index contributed by atoms with van der Waals surface area (Å²) in [5, 5.41) is 0. The zero-order valence-electron chi connectivity index (χ0n) is 11.0. The molecule has 5 heteroatoms. The number of halogens is 1. The van der Waals surface area contributed by atoms with Crippen molar-refractivity contribution >= 4 is 32.7 Å². The summed E-state index contributed by atoms with van der Waals surface area (Å²) in [6.07, 6.45) is 0.571. The number of benzene rings is 2. The second kappa shape index (κ2) is 6.69. The number of hydrogen-bond acceptors (Lipinski definition) is 3. The molecule has 0 aliphatic heterocycles. The molecule has 2 aromatic carbocycles. The molecule has 0 amide bonds. The van der Waals surface area contributed by atoms with Gasteiger partial charge in [-0.1, -0.05) is 29.8 Å². The fourth-order valence-corrected chi connectivity index (χ4v) is 2.96. The van der Waals surface area contributed by atoms with Crippen molar-refractivity contribution in [2.24, 2.45) is 0 Å². The Labute approximate surface area is 133 Å². The zero-order chi connectivity index (χ0) is 14.6. The average molecular weight is 402 g/mol. The fraction of sp³-hybridized carbons (Fsp3) is 0.200. The molecule has 0 aliphatic carbocycles. The molecule has 0 N–H and O–H groups in total. The van der Waals surface area contributed by atoms with Crippen molar-refractivity contribution in [2.75, 3.05) is 6.61 Å². The van der Waals surface area contributed by atoms with Crippen molar-refractivity contribution in [3.63, 3.8) is 0 Å². The Morgan fingerprint density at radius 1 is 1.00 bits per heavy atom.